The molecule has 0 aliphatic carbocycles. The Balaban J connectivity index is 2.12. The van der Waals surface area contributed by atoms with E-state index in [9.17, 15) is 14.0 Å². The largest absolute Gasteiger partial charge is 0.464 e. The maximum Gasteiger partial charge on any atom is 0.415 e. The number of carbonyl (C=O) groups excluding carboxylic acids is 2. The lowest BCUT2D eigenvalue weighted by Gasteiger charge is -2.18. The van der Waals surface area contributed by atoms with Crippen molar-refractivity contribution in [2.75, 3.05) is 25.0 Å². The molecule has 1 amide bonds. The highest BCUT2D eigenvalue weighted by Crippen LogP contribution is 2.31. The van der Waals surface area contributed by atoms with Crippen LogP contribution in [0.1, 0.15) is 26.7 Å². The van der Waals surface area contributed by atoms with Crippen molar-refractivity contribution >= 4 is 29.4 Å². The zero-order valence-electron chi connectivity index (χ0n) is 13.6. The lowest BCUT2D eigenvalue weighted by molar-refractivity contribution is -0.143. The van der Waals surface area contributed by atoms with Crippen molar-refractivity contribution in [3.05, 3.63) is 23.0 Å². The van der Waals surface area contributed by atoms with Crippen LogP contribution in [0.3, 0.4) is 0 Å². The Bertz CT molecular complexity index is 620. The van der Waals surface area contributed by atoms with Crippen LogP contribution in [-0.2, 0) is 9.53 Å². The molecule has 1 atom stereocenters. The molecule has 1 heterocycles. The second-order valence-corrected chi connectivity index (χ2v) is 5.85. The second-order valence-electron chi connectivity index (χ2n) is 5.44. The molecule has 1 unspecified atom stereocenters. The normalized spacial score (nSPS) is 15.1. The topological polar surface area (TPSA) is 67.9 Å². The second kappa shape index (κ2) is 8.19. The number of hydrogen-bond acceptors (Lipinski definition) is 5. The van der Waals surface area contributed by atoms with Crippen LogP contribution in [0.2, 0.25) is 5.02 Å². The molecule has 1 fully saturated rings. The molecule has 8 heteroatoms. The van der Waals surface area contributed by atoms with Crippen LogP contribution in [0.4, 0.5) is 14.9 Å². The van der Waals surface area contributed by atoms with E-state index in [1.54, 1.807) is 13.8 Å². The van der Waals surface area contributed by atoms with Crippen molar-refractivity contribution < 1.29 is 23.5 Å². The predicted octanol–water partition coefficient (Wildman–Crippen LogP) is 3.44. The molecule has 1 aliphatic rings. The molecule has 0 spiro atoms. The average Bonchev–Trinajstić information content (AvgIpc) is 3.06. The van der Waals surface area contributed by atoms with Gasteiger partial charge in [-0.05, 0) is 32.8 Å². The van der Waals surface area contributed by atoms with Gasteiger partial charge >= 0.3 is 12.1 Å². The first-order chi connectivity index (χ1) is 11.4. The Morgan fingerprint density at radius 2 is 2.04 bits per heavy atom. The molecule has 1 saturated heterocycles. The zero-order valence-corrected chi connectivity index (χ0v) is 14.4. The van der Waals surface area contributed by atoms with E-state index in [2.05, 4.69) is 5.32 Å². The van der Waals surface area contributed by atoms with Gasteiger partial charge in [-0.3, -0.25) is 0 Å². The molecule has 0 bridgehead atoms. The summed E-state index contributed by atoms with van der Waals surface area (Å²) < 4.78 is 24.0. The smallest absolute Gasteiger partial charge is 0.415 e. The Morgan fingerprint density at radius 3 is 2.67 bits per heavy atom. The molecule has 0 saturated carbocycles. The van der Waals surface area contributed by atoms with Gasteiger partial charge in [0, 0.05) is 19.2 Å². The van der Waals surface area contributed by atoms with Gasteiger partial charge in [0.05, 0.1) is 17.3 Å². The van der Waals surface area contributed by atoms with Gasteiger partial charge in [0.25, 0.3) is 0 Å². The first kappa shape index (κ1) is 18.3. The number of anilines is 1. The van der Waals surface area contributed by atoms with Gasteiger partial charge in [0.2, 0.25) is 0 Å². The van der Waals surface area contributed by atoms with E-state index in [1.807, 2.05) is 0 Å². The summed E-state index contributed by atoms with van der Waals surface area (Å²) in [5, 5.41) is 2.90. The minimum Gasteiger partial charge on any atom is -0.464 e. The highest BCUT2D eigenvalue weighted by Gasteiger charge is 2.22. The SMILES string of the molecule is CCOC(=O)C(C)Nc1cc(OC(=O)N2CCCC2)c(F)cc1Cl. The zero-order chi connectivity index (χ0) is 17.7. The molecule has 1 aliphatic heterocycles. The number of carbonyl (C=O) groups is 2. The van der Waals surface area contributed by atoms with Crippen molar-refractivity contribution in [3.8, 4) is 5.75 Å². The maximum absolute atomic E-state index is 14.0. The van der Waals surface area contributed by atoms with Crippen LogP contribution >= 0.6 is 11.6 Å². The number of esters is 1. The summed E-state index contributed by atoms with van der Waals surface area (Å²) >= 11 is 5.99. The third-order valence-electron chi connectivity index (χ3n) is 3.60. The fourth-order valence-corrected chi connectivity index (χ4v) is 2.54. The number of amides is 1. The molecule has 0 radical (unpaired) electrons. The van der Waals surface area contributed by atoms with Crippen LogP contribution in [0.5, 0.6) is 5.75 Å². The van der Waals surface area contributed by atoms with Crippen LogP contribution in [0.15, 0.2) is 12.1 Å². The molecule has 1 aromatic rings. The minimum absolute atomic E-state index is 0.0737. The van der Waals surface area contributed by atoms with Crippen molar-refractivity contribution in [2.24, 2.45) is 0 Å². The Hall–Kier alpha value is -2.02. The van der Waals surface area contributed by atoms with E-state index < -0.39 is 23.9 Å². The van der Waals surface area contributed by atoms with Crippen molar-refractivity contribution in [1.29, 1.82) is 0 Å². The fourth-order valence-electron chi connectivity index (χ4n) is 2.34. The minimum atomic E-state index is -0.748. The number of rotatable bonds is 5. The third-order valence-corrected chi connectivity index (χ3v) is 3.91. The molecule has 24 heavy (non-hydrogen) atoms. The molecule has 6 nitrogen and oxygen atoms in total. The van der Waals surface area contributed by atoms with E-state index in [0.29, 0.717) is 13.1 Å². The van der Waals surface area contributed by atoms with Crippen LogP contribution in [0, 0.1) is 5.82 Å². The summed E-state index contributed by atoms with van der Waals surface area (Å²) in [4.78, 5) is 25.2. The molecule has 0 aromatic heterocycles. The summed E-state index contributed by atoms with van der Waals surface area (Å²) in [7, 11) is 0. The Morgan fingerprint density at radius 1 is 1.38 bits per heavy atom. The van der Waals surface area contributed by atoms with Crippen LogP contribution in [-0.4, -0.2) is 42.7 Å². The molecule has 1 aromatic carbocycles. The first-order valence-corrected chi connectivity index (χ1v) is 8.19. The fraction of sp³-hybridized carbons (Fsp3) is 0.500. The van der Waals surface area contributed by atoms with Crippen molar-refractivity contribution in [1.82, 2.24) is 4.90 Å². The quantitative estimate of drug-likeness (QED) is 0.817. The van der Waals surface area contributed by atoms with E-state index in [0.717, 1.165) is 18.9 Å². The van der Waals surface area contributed by atoms with Gasteiger partial charge in [-0.2, -0.15) is 0 Å². The Kier molecular flexibility index (Phi) is 6.25. The summed E-state index contributed by atoms with van der Waals surface area (Å²) in [6, 6.07) is 1.62. The third kappa shape index (κ3) is 4.50. The highest BCUT2D eigenvalue weighted by atomic mass is 35.5. The van der Waals surface area contributed by atoms with Crippen LogP contribution in [0.25, 0.3) is 0 Å². The van der Waals surface area contributed by atoms with E-state index in [1.165, 1.54) is 11.0 Å². The lowest BCUT2D eigenvalue weighted by Crippen LogP contribution is -2.31. The summed E-state index contributed by atoms with van der Waals surface area (Å²) in [5.41, 5.74) is 0.280. The standard InChI is InChI=1S/C16H20ClFN2O4/c1-3-23-15(21)10(2)19-13-9-14(12(18)8-11(13)17)24-16(22)20-6-4-5-7-20/h8-10,19H,3-7H2,1-2H3. The summed E-state index contributed by atoms with van der Waals surface area (Å²) in [5.74, 6) is -1.45. The monoisotopic (exact) mass is 358 g/mol. The predicted molar refractivity (Wildman–Crippen MR) is 88.0 cm³/mol. The number of ether oxygens (including phenoxy) is 2. The summed E-state index contributed by atoms with van der Waals surface area (Å²) in [6.45, 7) is 4.73. The molecule has 2 rings (SSSR count). The molecular weight excluding hydrogens is 339 g/mol. The van der Waals surface area contributed by atoms with E-state index in [4.69, 9.17) is 21.1 Å². The maximum atomic E-state index is 14.0. The van der Waals surface area contributed by atoms with E-state index >= 15 is 0 Å². The van der Waals surface area contributed by atoms with Gasteiger partial charge in [-0.15, -0.1) is 0 Å². The number of halogens is 2. The highest BCUT2D eigenvalue weighted by molar-refractivity contribution is 6.33. The lowest BCUT2D eigenvalue weighted by atomic mass is 10.2. The number of nitrogens with one attached hydrogen (secondary N) is 1. The number of nitrogens with zero attached hydrogens (tertiary/aromatic N) is 1. The van der Waals surface area contributed by atoms with Gasteiger partial charge < -0.3 is 19.7 Å². The van der Waals surface area contributed by atoms with Gasteiger partial charge in [0.15, 0.2) is 11.6 Å². The van der Waals surface area contributed by atoms with E-state index in [-0.39, 0.29) is 23.1 Å². The molecule has 132 valence electrons. The van der Waals surface area contributed by atoms with Gasteiger partial charge in [0.1, 0.15) is 6.04 Å². The number of benzene rings is 1. The first-order valence-electron chi connectivity index (χ1n) is 7.81. The van der Waals surface area contributed by atoms with Gasteiger partial charge in [-0.1, -0.05) is 11.6 Å². The van der Waals surface area contributed by atoms with Gasteiger partial charge in [-0.25, -0.2) is 14.0 Å². The number of likely N-dealkylation sites (tertiary alicyclic amines) is 1. The molecule has 1 N–H and O–H groups in total. The van der Waals surface area contributed by atoms with Crippen LogP contribution < -0.4 is 10.1 Å². The van der Waals surface area contributed by atoms with Crippen molar-refractivity contribution in [3.63, 3.8) is 0 Å². The summed E-state index contributed by atoms with van der Waals surface area (Å²) in [6.07, 6.45) is 1.21. The average molecular weight is 359 g/mol. The molecular formula is C16H20ClFN2O4. The van der Waals surface area contributed by atoms with Crippen molar-refractivity contribution in [2.45, 2.75) is 32.7 Å². The number of hydrogen-bond donors (Lipinski definition) is 1. The Labute approximate surface area is 144 Å².